The van der Waals surface area contributed by atoms with Crippen molar-refractivity contribution in [3.05, 3.63) is 31.5 Å². The molecule has 4 atom stereocenters. The lowest BCUT2D eigenvalue weighted by molar-refractivity contribution is -0.0511. The number of nitrogens with two attached hydrogens (primary N) is 1. The van der Waals surface area contributed by atoms with Crippen LogP contribution in [0.1, 0.15) is 6.23 Å². The van der Waals surface area contributed by atoms with E-state index in [2.05, 4.69) is 34.9 Å². The van der Waals surface area contributed by atoms with Gasteiger partial charge in [-0.3, -0.25) is 4.57 Å². The van der Waals surface area contributed by atoms with Gasteiger partial charge in [-0.1, -0.05) is 0 Å². The number of anilines is 1. The largest absolute Gasteiger partial charge is 0.412 e. The van der Waals surface area contributed by atoms with Crippen molar-refractivity contribution in [3.63, 3.8) is 0 Å². The summed E-state index contributed by atoms with van der Waals surface area (Å²) in [4.78, 5) is 26.4. The van der Waals surface area contributed by atoms with E-state index in [1.165, 1.54) is 23.5 Å². The minimum atomic E-state index is -1.19. The normalized spacial score (nSPS) is 23.6. The number of aromatic amines is 1. The molecule has 0 saturated carbocycles. The van der Waals surface area contributed by atoms with E-state index in [1.807, 2.05) is 0 Å². The van der Waals surface area contributed by atoms with Gasteiger partial charge in [0.2, 0.25) is 0 Å². The molecule has 0 radical (unpaired) electrons. The number of hydrogen-bond acceptors (Lipinski definition) is 11. The summed E-state index contributed by atoms with van der Waals surface area (Å²) in [6, 6.07) is 0. The molecule has 0 spiro atoms. The van der Waals surface area contributed by atoms with Crippen LogP contribution in [0.15, 0.2) is 31.5 Å². The number of aromatic nitrogens is 8. The predicted octanol–water partition coefficient (Wildman–Crippen LogP) is -2.45. The van der Waals surface area contributed by atoms with Crippen molar-refractivity contribution in [2.75, 3.05) is 12.3 Å². The average Bonchev–Trinajstić information content (AvgIpc) is 3.42. The number of nitrogens with one attached hydrogen (secondary N) is 1. The minimum Gasteiger partial charge on any atom is -0.412 e. The number of imidazole rings is 2. The van der Waals surface area contributed by atoms with Crippen molar-refractivity contribution in [1.29, 1.82) is 0 Å². The van der Waals surface area contributed by atoms with E-state index < -0.39 is 31.1 Å². The summed E-state index contributed by atoms with van der Waals surface area (Å²) in [5.74, 6) is 0.218. The van der Waals surface area contributed by atoms with Gasteiger partial charge in [0.05, 0.1) is 25.5 Å². The standard InChI is InChI=1S/C10H13N5O4.C5H4N4.H2O/c11-8-5-9(13-2-12-8)15(3-14-5)10-7(18)6(17)4(1-16)19-10;1-4-5(8-2-6-1)9-3-7-4;/h2-4,6-7,10,16-18H,1H2,(H2,11,12,13);1-3H,(H,6,7,8,9);1H2/t4-,6-,7+,10-;;/m1../s1. The summed E-state index contributed by atoms with van der Waals surface area (Å²) >= 11 is 0. The fraction of sp³-hybridized carbons (Fsp3) is 0.333. The highest BCUT2D eigenvalue weighted by molar-refractivity contribution is 5.81. The van der Waals surface area contributed by atoms with Crippen molar-refractivity contribution < 1.29 is 25.5 Å². The molecular weight excluding hydrogens is 386 g/mol. The van der Waals surface area contributed by atoms with Gasteiger partial charge in [-0.2, -0.15) is 0 Å². The molecule has 14 heteroatoms. The van der Waals surface area contributed by atoms with Crippen LogP contribution in [0.3, 0.4) is 0 Å². The number of nitrogen functional groups attached to an aromatic ring is 1. The first-order valence-corrected chi connectivity index (χ1v) is 8.24. The summed E-state index contributed by atoms with van der Waals surface area (Å²) in [6.07, 6.45) is 3.34. The van der Waals surface area contributed by atoms with Crippen LogP contribution < -0.4 is 5.73 Å². The van der Waals surface area contributed by atoms with Gasteiger partial charge in [0.25, 0.3) is 0 Å². The second-order valence-electron chi connectivity index (χ2n) is 5.97. The number of hydrogen-bond donors (Lipinski definition) is 5. The Hall–Kier alpha value is -3.30. The molecule has 5 rings (SSSR count). The zero-order valence-electron chi connectivity index (χ0n) is 14.9. The lowest BCUT2D eigenvalue weighted by atomic mass is 10.1. The smallest absolute Gasteiger partial charge is 0.180 e. The van der Waals surface area contributed by atoms with E-state index in [0.29, 0.717) is 16.8 Å². The van der Waals surface area contributed by atoms with E-state index in [9.17, 15) is 10.2 Å². The Morgan fingerprint density at radius 3 is 2.66 bits per heavy atom. The SMILES string of the molecule is Nc1ncnc2c1ncn2[C@@H]1O[C@H](CO)[C@@H](O)[C@@H]1O.O.c1ncc2[nH]cnc2n1. The highest BCUT2D eigenvalue weighted by Gasteiger charge is 2.43. The molecule has 0 amide bonds. The molecule has 0 unspecified atom stereocenters. The van der Waals surface area contributed by atoms with Gasteiger partial charge in [0, 0.05) is 0 Å². The van der Waals surface area contributed by atoms with E-state index in [0.717, 1.165) is 5.52 Å². The molecule has 29 heavy (non-hydrogen) atoms. The van der Waals surface area contributed by atoms with Crippen molar-refractivity contribution in [1.82, 2.24) is 39.5 Å². The molecule has 1 fully saturated rings. The van der Waals surface area contributed by atoms with Crippen LogP contribution in [0.2, 0.25) is 0 Å². The second kappa shape index (κ2) is 8.38. The van der Waals surface area contributed by atoms with Crippen LogP contribution in [-0.4, -0.2) is 85.2 Å². The van der Waals surface area contributed by atoms with Crippen molar-refractivity contribution in [3.8, 4) is 0 Å². The number of nitrogens with zero attached hydrogens (tertiary/aromatic N) is 7. The van der Waals surface area contributed by atoms with Gasteiger partial charge < -0.3 is 36.3 Å². The fourth-order valence-electron chi connectivity index (χ4n) is 2.86. The lowest BCUT2D eigenvalue weighted by Gasteiger charge is -2.16. The van der Waals surface area contributed by atoms with E-state index >= 15 is 0 Å². The third-order valence-corrected chi connectivity index (χ3v) is 4.28. The molecular formula is C15H19N9O5. The fourth-order valence-corrected chi connectivity index (χ4v) is 2.86. The first-order chi connectivity index (χ1) is 13.6. The first kappa shape index (κ1) is 20.4. The van der Waals surface area contributed by atoms with Crippen LogP contribution in [0.5, 0.6) is 0 Å². The number of aliphatic hydroxyl groups is 3. The Morgan fingerprint density at radius 1 is 1.10 bits per heavy atom. The molecule has 1 aliphatic heterocycles. The molecule has 8 N–H and O–H groups in total. The molecule has 1 saturated heterocycles. The number of rotatable bonds is 2. The van der Waals surface area contributed by atoms with E-state index in [-0.39, 0.29) is 11.3 Å². The molecule has 5 heterocycles. The van der Waals surface area contributed by atoms with Gasteiger partial charge >= 0.3 is 0 Å². The minimum absolute atomic E-state index is 0. The van der Waals surface area contributed by atoms with Gasteiger partial charge in [-0.05, 0) is 0 Å². The summed E-state index contributed by atoms with van der Waals surface area (Å²) < 4.78 is 6.85. The molecule has 4 aromatic heterocycles. The number of fused-ring (bicyclic) bond motifs is 2. The van der Waals surface area contributed by atoms with Crippen LogP contribution in [0.4, 0.5) is 5.82 Å². The van der Waals surface area contributed by atoms with Crippen LogP contribution in [0, 0.1) is 0 Å². The van der Waals surface area contributed by atoms with Gasteiger partial charge in [-0.25, -0.2) is 29.9 Å². The van der Waals surface area contributed by atoms with E-state index in [4.69, 9.17) is 15.6 Å². The Balaban J connectivity index is 0.000000201. The monoisotopic (exact) mass is 405 g/mol. The van der Waals surface area contributed by atoms with Gasteiger partial charge in [-0.15, -0.1) is 0 Å². The third-order valence-electron chi connectivity index (χ3n) is 4.28. The summed E-state index contributed by atoms with van der Waals surface area (Å²) in [6.45, 7) is -0.390. The highest BCUT2D eigenvalue weighted by atomic mass is 16.6. The second-order valence-corrected chi connectivity index (χ2v) is 5.97. The van der Waals surface area contributed by atoms with Crippen LogP contribution in [0.25, 0.3) is 22.3 Å². The number of aliphatic hydroxyl groups excluding tert-OH is 3. The summed E-state index contributed by atoms with van der Waals surface area (Å²) in [5.41, 5.74) is 8.03. The number of H-pyrrole nitrogens is 1. The molecule has 1 aliphatic rings. The van der Waals surface area contributed by atoms with Gasteiger partial charge in [0.15, 0.2) is 23.3 Å². The maximum Gasteiger partial charge on any atom is 0.180 e. The maximum absolute atomic E-state index is 9.95. The summed E-state index contributed by atoms with van der Waals surface area (Å²) in [5, 5.41) is 28.7. The van der Waals surface area contributed by atoms with Crippen LogP contribution >= 0.6 is 0 Å². The third kappa shape index (κ3) is 3.69. The predicted molar refractivity (Wildman–Crippen MR) is 98.0 cm³/mol. The quantitative estimate of drug-likeness (QED) is 0.235. The molecule has 0 aliphatic carbocycles. The zero-order chi connectivity index (χ0) is 19.7. The molecule has 14 nitrogen and oxygen atoms in total. The van der Waals surface area contributed by atoms with E-state index in [1.54, 1.807) is 12.5 Å². The lowest BCUT2D eigenvalue weighted by Crippen LogP contribution is -2.33. The highest BCUT2D eigenvalue weighted by Crippen LogP contribution is 2.31. The topological polar surface area (TPSA) is 226 Å². The Labute approximate surface area is 162 Å². The number of ether oxygens (including phenoxy) is 1. The summed E-state index contributed by atoms with van der Waals surface area (Å²) in [7, 11) is 0. The van der Waals surface area contributed by atoms with Crippen molar-refractivity contribution in [2.24, 2.45) is 0 Å². The molecule has 0 bridgehead atoms. The van der Waals surface area contributed by atoms with Crippen molar-refractivity contribution >= 4 is 28.1 Å². The Bertz CT molecular complexity index is 1060. The maximum atomic E-state index is 9.95. The average molecular weight is 405 g/mol. The Morgan fingerprint density at radius 2 is 1.93 bits per heavy atom. The van der Waals surface area contributed by atoms with Crippen molar-refractivity contribution in [2.45, 2.75) is 24.5 Å². The first-order valence-electron chi connectivity index (χ1n) is 8.24. The Kier molecular flexibility index (Phi) is 5.90. The zero-order valence-corrected chi connectivity index (χ0v) is 14.9. The molecule has 4 aromatic rings. The molecule has 154 valence electrons. The molecule has 0 aromatic carbocycles. The van der Waals surface area contributed by atoms with Crippen LogP contribution in [-0.2, 0) is 4.74 Å². The van der Waals surface area contributed by atoms with Gasteiger partial charge in [0.1, 0.15) is 42.0 Å².